The number of hydrogen-bond donors (Lipinski definition) is 0. The number of carbonyl (C=O) groups excluding carboxylic acids is 1. The quantitative estimate of drug-likeness (QED) is 0.646. The van der Waals surface area contributed by atoms with Gasteiger partial charge in [0.25, 0.3) is 0 Å². The van der Waals surface area contributed by atoms with E-state index >= 15 is 0 Å². The molecular formula is C22H26N4O. The van der Waals surface area contributed by atoms with Gasteiger partial charge in [-0.25, -0.2) is 4.98 Å². The molecule has 140 valence electrons. The van der Waals surface area contributed by atoms with Crippen LogP contribution in [0.4, 0.5) is 11.4 Å². The summed E-state index contributed by atoms with van der Waals surface area (Å²) in [5, 5.41) is 0. The molecule has 0 amide bonds. The highest BCUT2D eigenvalue weighted by Crippen LogP contribution is 2.27. The number of rotatable bonds is 5. The van der Waals surface area contributed by atoms with Crippen molar-refractivity contribution < 1.29 is 4.79 Å². The van der Waals surface area contributed by atoms with Crippen LogP contribution >= 0.6 is 0 Å². The molecule has 0 N–H and O–H groups in total. The van der Waals surface area contributed by atoms with E-state index in [1.54, 1.807) is 0 Å². The highest BCUT2D eigenvalue weighted by atomic mass is 16.1. The van der Waals surface area contributed by atoms with Crippen LogP contribution in [0.15, 0.2) is 48.8 Å². The summed E-state index contributed by atoms with van der Waals surface area (Å²) in [4.78, 5) is 20.0. The Morgan fingerprint density at radius 2 is 1.89 bits per heavy atom. The predicted molar refractivity (Wildman–Crippen MR) is 111 cm³/mol. The van der Waals surface area contributed by atoms with Crippen LogP contribution in [-0.2, 0) is 4.79 Å². The third kappa shape index (κ3) is 3.68. The zero-order valence-electron chi connectivity index (χ0n) is 16.0. The van der Waals surface area contributed by atoms with E-state index in [2.05, 4.69) is 63.0 Å². The fourth-order valence-electron chi connectivity index (χ4n) is 3.79. The van der Waals surface area contributed by atoms with Crippen LogP contribution in [0.5, 0.6) is 0 Å². The Bertz CT molecular complexity index is 921. The van der Waals surface area contributed by atoms with Gasteiger partial charge in [-0.1, -0.05) is 12.1 Å². The number of aldehydes is 1. The average molecular weight is 362 g/mol. The van der Waals surface area contributed by atoms with E-state index in [0.717, 1.165) is 54.8 Å². The van der Waals surface area contributed by atoms with E-state index in [4.69, 9.17) is 4.98 Å². The molecule has 2 aromatic heterocycles. The molecule has 0 atom stereocenters. The number of anilines is 2. The molecule has 1 fully saturated rings. The third-order valence-corrected chi connectivity index (χ3v) is 5.53. The molecule has 0 saturated carbocycles. The molecule has 3 heterocycles. The number of imidazole rings is 1. The van der Waals surface area contributed by atoms with Crippen LogP contribution in [0.1, 0.15) is 19.3 Å². The molecule has 4 rings (SSSR count). The Labute approximate surface area is 160 Å². The molecule has 1 saturated heterocycles. The molecule has 1 aromatic carbocycles. The van der Waals surface area contributed by atoms with Crippen LogP contribution in [0.3, 0.4) is 0 Å². The van der Waals surface area contributed by atoms with Crippen molar-refractivity contribution in [3.63, 3.8) is 0 Å². The summed E-state index contributed by atoms with van der Waals surface area (Å²) in [6.45, 7) is 2.05. The lowest BCUT2D eigenvalue weighted by molar-refractivity contribution is -0.108. The molecule has 1 aliphatic heterocycles. The van der Waals surface area contributed by atoms with Crippen molar-refractivity contribution in [2.45, 2.75) is 19.3 Å². The molecular weight excluding hydrogens is 336 g/mol. The van der Waals surface area contributed by atoms with Crippen LogP contribution in [-0.4, -0.2) is 42.9 Å². The molecule has 5 heteroatoms. The lowest BCUT2D eigenvalue weighted by Crippen LogP contribution is -2.33. The van der Waals surface area contributed by atoms with Crippen molar-refractivity contribution in [1.82, 2.24) is 9.38 Å². The Morgan fingerprint density at radius 3 is 2.56 bits per heavy atom. The van der Waals surface area contributed by atoms with E-state index in [-0.39, 0.29) is 0 Å². The van der Waals surface area contributed by atoms with E-state index in [9.17, 15) is 4.79 Å². The zero-order chi connectivity index (χ0) is 18.8. The normalized spacial score (nSPS) is 15.3. The maximum atomic E-state index is 10.7. The summed E-state index contributed by atoms with van der Waals surface area (Å²) in [5.74, 6) is 0.558. The van der Waals surface area contributed by atoms with Gasteiger partial charge in [-0.15, -0.1) is 0 Å². The van der Waals surface area contributed by atoms with Crippen molar-refractivity contribution >= 4 is 23.3 Å². The summed E-state index contributed by atoms with van der Waals surface area (Å²) in [6.07, 6.45) is 8.09. The zero-order valence-corrected chi connectivity index (χ0v) is 16.0. The lowest BCUT2D eigenvalue weighted by Gasteiger charge is -2.33. The Kier molecular flexibility index (Phi) is 4.84. The van der Waals surface area contributed by atoms with E-state index in [1.807, 2.05) is 14.1 Å². The van der Waals surface area contributed by atoms with Gasteiger partial charge in [0.15, 0.2) is 0 Å². The molecule has 0 radical (unpaired) electrons. The minimum absolute atomic E-state index is 0.558. The Balaban J connectivity index is 1.50. The lowest BCUT2D eigenvalue weighted by atomic mass is 9.94. The standard InChI is InChI=1S/C22H26N4O/c1-24(2)20-9-13-26-16-21(23-22(26)15-20)18-3-5-19(6-4-18)25-11-7-17(8-12-25)10-14-27/h3-6,9,13-17H,7-8,10-12H2,1-2H3. The fourth-order valence-corrected chi connectivity index (χ4v) is 3.79. The molecule has 0 unspecified atom stereocenters. The minimum Gasteiger partial charge on any atom is -0.378 e. The van der Waals surface area contributed by atoms with Crippen molar-refractivity contribution in [1.29, 1.82) is 0 Å². The third-order valence-electron chi connectivity index (χ3n) is 5.53. The maximum absolute atomic E-state index is 10.7. The first-order valence-corrected chi connectivity index (χ1v) is 9.59. The van der Waals surface area contributed by atoms with Crippen molar-refractivity contribution in [3.8, 4) is 11.3 Å². The second-order valence-electron chi connectivity index (χ2n) is 7.55. The summed E-state index contributed by atoms with van der Waals surface area (Å²) < 4.78 is 2.06. The summed E-state index contributed by atoms with van der Waals surface area (Å²) in [5.41, 5.74) is 5.47. The molecule has 5 nitrogen and oxygen atoms in total. The number of carbonyl (C=O) groups is 1. The van der Waals surface area contributed by atoms with E-state index in [1.165, 1.54) is 5.69 Å². The van der Waals surface area contributed by atoms with Crippen LogP contribution in [0.25, 0.3) is 16.9 Å². The van der Waals surface area contributed by atoms with Gasteiger partial charge in [-0.3, -0.25) is 0 Å². The number of piperidine rings is 1. The highest BCUT2D eigenvalue weighted by molar-refractivity contribution is 5.67. The first-order valence-electron chi connectivity index (χ1n) is 9.59. The average Bonchev–Trinajstić information content (AvgIpc) is 3.12. The minimum atomic E-state index is 0.558. The smallest absolute Gasteiger partial charge is 0.139 e. The van der Waals surface area contributed by atoms with Crippen molar-refractivity contribution in [3.05, 3.63) is 48.8 Å². The first kappa shape index (κ1) is 17.6. The van der Waals surface area contributed by atoms with Crippen LogP contribution < -0.4 is 9.80 Å². The van der Waals surface area contributed by atoms with Gasteiger partial charge in [0.1, 0.15) is 11.9 Å². The highest BCUT2D eigenvalue weighted by Gasteiger charge is 2.19. The SMILES string of the molecule is CN(C)c1ccn2cc(-c3ccc(N4CCC(CC=O)CC4)cc3)nc2c1. The van der Waals surface area contributed by atoms with E-state index in [0.29, 0.717) is 12.3 Å². The second kappa shape index (κ2) is 7.43. The molecule has 1 aliphatic rings. The summed E-state index contributed by atoms with van der Waals surface area (Å²) >= 11 is 0. The van der Waals surface area contributed by atoms with Gasteiger partial charge in [-0.2, -0.15) is 0 Å². The van der Waals surface area contributed by atoms with Gasteiger partial charge in [0, 0.05) is 69.0 Å². The Morgan fingerprint density at radius 1 is 1.15 bits per heavy atom. The van der Waals surface area contributed by atoms with E-state index < -0.39 is 0 Å². The first-order chi connectivity index (χ1) is 13.1. The maximum Gasteiger partial charge on any atom is 0.139 e. The second-order valence-corrected chi connectivity index (χ2v) is 7.55. The van der Waals surface area contributed by atoms with Crippen molar-refractivity contribution in [2.24, 2.45) is 5.92 Å². The van der Waals surface area contributed by atoms with Gasteiger partial charge in [0.2, 0.25) is 0 Å². The number of hydrogen-bond acceptors (Lipinski definition) is 4. The van der Waals surface area contributed by atoms with Crippen molar-refractivity contribution in [2.75, 3.05) is 37.0 Å². The number of pyridine rings is 1. The van der Waals surface area contributed by atoms with Gasteiger partial charge in [-0.05, 0) is 37.0 Å². The van der Waals surface area contributed by atoms with Gasteiger partial charge >= 0.3 is 0 Å². The van der Waals surface area contributed by atoms with Crippen LogP contribution in [0, 0.1) is 5.92 Å². The molecule has 3 aromatic rings. The van der Waals surface area contributed by atoms with Crippen LogP contribution in [0.2, 0.25) is 0 Å². The topological polar surface area (TPSA) is 40.9 Å². The molecule has 0 bridgehead atoms. The number of benzene rings is 1. The molecule has 0 aliphatic carbocycles. The molecule has 0 spiro atoms. The van der Waals surface area contributed by atoms with Gasteiger partial charge < -0.3 is 19.0 Å². The fraction of sp³-hybridized carbons (Fsp3) is 0.364. The van der Waals surface area contributed by atoms with Gasteiger partial charge in [0.05, 0.1) is 5.69 Å². The monoisotopic (exact) mass is 362 g/mol. The summed E-state index contributed by atoms with van der Waals surface area (Å²) in [7, 11) is 4.08. The largest absolute Gasteiger partial charge is 0.378 e. The summed E-state index contributed by atoms with van der Waals surface area (Å²) in [6, 6.07) is 12.9. The number of fused-ring (bicyclic) bond motifs is 1. The predicted octanol–water partition coefficient (Wildman–Crippen LogP) is 3.87. The number of aromatic nitrogens is 2. The molecule has 27 heavy (non-hydrogen) atoms. The Hall–Kier alpha value is -2.82. The number of nitrogens with zero attached hydrogens (tertiary/aromatic N) is 4.